The van der Waals surface area contributed by atoms with E-state index in [1.807, 2.05) is 0 Å². The van der Waals surface area contributed by atoms with Crippen LogP contribution in [0.4, 0.5) is 5.69 Å². The number of carbonyl (C=O) groups is 1. The number of methoxy groups -OCH3 is 2. The minimum Gasteiger partial charge on any atom is -0.493 e. The number of hydrogen-bond donors (Lipinski definition) is 1. The molecule has 0 spiro atoms. The SMILES string of the molecule is COc1ccc(NC(=O)Cn2nc(-c3ccncc3)ccc2=O)cc1OC. The summed E-state index contributed by atoms with van der Waals surface area (Å²) in [5.74, 6) is 0.660. The maximum atomic E-state index is 12.3. The molecule has 1 N–H and O–H groups in total. The van der Waals surface area contributed by atoms with Crippen molar-refractivity contribution in [3.8, 4) is 22.8 Å². The minimum absolute atomic E-state index is 0.216. The lowest BCUT2D eigenvalue weighted by molar-refractivity contribution is -0.117. The van der Waals surface area contributed by atoms with E-state index in [1.165, 1.54) is 20.3 Å². The van der Waals surface area contributed by atoms with Crippen LogP contribution in [0.1, 0.15) is 0 Å². The number of aromatic nitrogens is 3. The van der Waals surface area contributed by atoms with E-state index in [0.717, 1.165) is 10.2 Å². The van der Waals surface area contributed by atoms with Crippen LogP contribution < -0.4 is 20.3 Å². The molecule has 0 radical (unpaired) electrons. The van der Waals surface area contributed by atoms with E-state index in [-0.39, 0.29) is 18.0 Å². The van der Waals surface area contributed by atoms with Gasteiger partial charge in [0.15, 0.2) is 11.5 Å². The number of nitrogens with zero attached hydrogens (tertiary/aromatic N) is 3. The lowest BCUT2D eigenvalue weighted by Crippen LogP contribution is -2.29. The van der Waals surface area contributed by atoms with Gasteiger partial charge in [-0.1, -0.05) is 0 Å². The number of amides is 1. The fourth-order valence-electron chi connectivity index (χ4n) is 2.49. The van der Waals surface area contributed by atoms with Crippen LogP contribution in [0.5, 0.6) is 11.5 Å². The van der Waals surface area contributed by atoms with Crippen LogP contribution in [0.15, 0.2) is 59.7 Å². The van der Waals surface area contributed by atoms with Gasteiger partial charge in [-0.05, 0) is 30.3 Å². The van der Waals surface area contributed by atoms with Crippen LogP contribution in [-0.2, 0) is 11.3 Å². The normalized spacial score (nSPS) is 10.3. The molecule has 0 aliphatic heterocycles. The zero-order chi connectivity index (χ0) is 19.2. The molecule has 3 rings (SSSR count). The number of nitrogens with one attached hydrogen (secondary N) is 1. The minimum atomic E-state index is -0.385. The summed E-state index contributed by atoms with van der Waals surface area (Å²) < 4.78 is 11.5. The van der Waals surface area contributed by atoms with E-state index in [1.54, 1.807) is 48.8 Å². The summed E-state index contributed by atoms with van der Waals surface area (Å²) in [5, 5.41) is 6.97. The molecule has 138 valence electrons. The molecule has 0 atom stereocenters. The standard InChI is InChI=1S/C19H18N4O4/c1-26-16-5-3-14(11-17(16)27-2)21-18(24)12-23-19(25)6-4-15(22-23)13-7-9-20-10-8-13/h3-11H,12H2,1-2H3,(H,21,24). The lowest BCUT2D eigenvalue weighted by atomic mass is 10.2. The number of hydrogen-bond acceptors (Lipinski definition) is 6. The highest BCUT2D eigenvalue weighted by atomic mass is 16.5. The zero-order valence-corrected chi connectivity index (χ0v) is 14.9. The Hall–Kier alpha value is -3.68. The molecule has 0 saturated carbocycles. The van der Waals surface area contributed by atoms with Crippen LogP contribution in [0.25, 0.3) is 11.3 Å². The van der Waals surface area contributed by atoms with Gasteiger partial charge in [-0.3, -0.25) is 14.6 Å². The maximum absolute atomic E-state index is 12.3. The zero-order valence-electron chi connectivity index (χ0n) is 14.9. The van der Waals surface area contributed by atoms with Gasteiger partial charge in [0.25, 0.3) is 5.56 Å². The first-order valence-electron chi connectivity index (χ1n) is 8.11. The Morgan fingerprint density at radius 3 is 2.48 bits per heavy atom. The van der Waals surface area contributed by atoms with Crippen LogP contribution in [0, 0.1) is 0 Å². The van der Waals surface area contributed by atoms with Gasteiger partial charge in [0, 0.05) is 35.8 Å². The van der Waals surface area contributed by atoms with E-state index < -0.39 is 0 Å². The molecule has 1 aromatic carbocycles. The number of carbonyl (C=O) groups excluding carboxylic acids is 1. The van der Waals surface area contributed by atoms with E-state index in [4.69, 9.17) is 9.47 Å². The molecule has 0 aliphatic rings. The second kappa shape index (κ2) is 8.13. The summed E-state index contributed by atoms with van der Waals surface area (Å²) in [6, 6.07) is 11.6. The van der Waals surface area contributed by atoms with Crippen molar-refractivity contribution in [3.63, 3.8) is 0 Å². The first-order chi connectivity index (χ1) is 13.1. The topological polar surface area (TPSA) is 95.3 Å². The van der Waals surface area contributed by atoms with Gasteiger partial charge in [-0.2, -0.15) is 5.10 Å². The second-order valence-corrected chi connectivity index (χ2v) is 5.57. The van der Waals surface area contributed by atoms with Crippen molar-refractivity contribution in [1.82, 2.24) is 14.8 Å². The average Bonchev–Trinajstić information content (AvgIpc) is 2.70. The van der Waals surface area contributed by atoms with Crippen molar-refractivity contribution in [1.29, 1.82) is 0 Å². The highest BCUT2D eigenvalue weighted by molar-refractivity contribution is 5.90. The smallest absolute Gasteiger partial charge is 0.267 e. The lowest BCUT2D eigenvalue weighted by Gasteiger charge is -2.11. The fourth-order valence-corrected chi connectivity index (χ4v) is 2.49. The number of benzene rings is 1. The fraction of sp³-hybridized carbons (Fsp3) is 0.158. The predicted molar refractivity (Wildman–Crippen MR) is 99.9 cm³/mol. The van der Waals surface area contributed by atoms with Crippen LogP contribution >= 0.6 is 0 Å². The molecule has 8 heteroatoms. The van der Waals surface area contributed by atoms with Crippen LogP contribution in [-0.4, -0.2) is 34.9 Å². The summed E-state index contributed by atoms with van der Waals surface area (Å²) in [4.78, 5) is 28.3. The molecule has 2 heterocycles. The summed E-state index contributed by atoms with van der Waals surface area (Å²) in [6.07, 6.45) is 3.27. The Bertz CT molecular complexity index is 1000. The molecule has 27 heavy (non-hydrogen) atoms. The predicted octanol–water partition coefficient (Wildman–Crippen LogP) is 1.96. The molecule has 8 nitrogen and oxygen atoms in total. The number of ether oxygens (including phenoxy) is 2. The molecule has 0 saturated heterocycles. The molecule has 2 aromatic heterocycles. The largest absolute Gasteiger partial charge is 0.493 e. The molecular formula is C19H18N4O4. The van der Waals surface area contributed by atoms with Crippen molar-refractivity contribution < 1.29 is 14.3 Å². The third kappa shape index (κ3) is 4.30. The monoisotopic (exact) mass is 366 g/mol. The van der Waals surface area contributed by atoms with Crippen molar-refractivity contribution >= 4 is 11.6 Å². The molecule has 0 fully saturated rings. The van der Waals surface area contributed by atoms with E-state index in [9.17, 15) is 9.59 Å². The molecule has 0 unspecified atom stereocenters. The van der Waals surface area contributed by atoms with Gasteiger partial charge >= 0.3 is 0 Å². The molecule has 0 aliphatic carbocycles. The summed E-state index contributed by atoms with van der Waals surface area (Å²) in [7, 11) is 3.04. The van der Waals surface area contributed by atoms with Gasteiger partial charge in [0.05, 0.1) is 19.9 Å². The second-order valence-electron chi connectivity index (χ2n) is 5.57. The molecule has 1 amide bonds. The van der Waals surface area contributed by atoms with E-state index >= 15 is 0 Å². The van der Waals surface area contributed by atoms with Gasteiger partial charge in [0.1, 0.15) is 6.54 Å². The third-order valence-corrected chi connectivity index (χ3v) is 3.80. The van der Waals surface area contributed by atoms with E-state index in [0.29, 0.717) is 22.9 Å². The van der Waals surface area contributed by atoms with Crippen molar-refractivity contribution in [3.05, 3.63) is 65.2 Å². The highest BCUT2D eigenvalue weighted by Crippen LogP contribution is 2.29. The number of pyridine rings is 1. The van der Waals surface area contributed by atoms with Gasteiger partial charge in [-0.25, -0.2) is 4.68 Å². The van der Waals surface area contributed by atoms with Crippen molar-refractivity contribution in [2.75, 3.05) is 19.5 Å². The van der Waals surface area contributed by atoms with Gasteiger partial charge < -0.3 is 14.8 Å². The Morgan fingerprint density at radius 1 is 1.04 bits per heavy atom. The Morgan fingerprint density at radius 2 is 1.78 bits per heavy atom. The Kier molecular flexibility index (Phi) is 5.46. The van der Waals surface area contributed by atoms with Crippen molar-refractivity contribution in [2.45, 2.75) is 6.54 Å². The maximum Gasteiger partial charge on any atom is 0.267 e. The molecule has 0 bridgehead atoms. The van der Waals surface area contributed by atoms with Gasteiger partial charge in [-0.15, -0.1) is 0 Å². The number of anilines is 1. The molecular weight excluding hydrogens is 348 g/mol. The summed E-state index contributed by atoms with van der Waals surface area (Å²) in [5.41, 5.74) is 1.54. The molecule has 3 aromatic rings. The van der Waals surface area contributed by atoms with E-state index in [2.05, 4.69) is 15.4 Å². The first-order valence-corrected chi connectivity index (χ1v) is 8.11. The third-order valence-electron chi connectivity index (χ3n) is 3.80. The van der Waals surface area contributed by atoms with Gasteiger partial charge in [0.2, 0.25) is 5.91 Å². The van der Waals surface area contributed by atoms with Crippen LogP contribution in [0.3, 0.4) is 0 Å². The van der Waals surface area contributed by atoms with Crippen molar-refractivity contribution in [2.24, 2.45) is 0 Å². The Labute approximate surface area is 155 Å². The average molecular weight is 366 g/mol. The highest BCUT2D eigenvalue weighted by Gasteiger charge is 2.10. The van der Waals surface area contributed by atoms with Crippen LogP contribution in [0.2, 0.25) is 0 Å². The quantitative estimate of drug-likeness (QED) is 0.717. The first kappa shape index (κ1) is 18.1. The summed E-state index contributed by atoms with van der Waals surface area (Å²) in [6.45, 7) is -0.216. The number of rotatable bonds is 6. The summed E-state index contributed by atoms with van der Waals surface area (Å²) >= 11 is 0. The Balaban J connectivity index is 1.77.